The number of carbonyl (C=O) groups is 3. The van der Waals surface area contributed by atoms with E-state index in [2.05, 4.69) is 10.6 Å². The number of aliphatic hydroxyl groups excluding tert-OH is 1. The number of carbonyl (C=O) groups excluding carboxylic acids is 3. The van der Waals surface area contributed by atoms with E-state index in [4.69, 9.17) is 5.11 Å². The van der Waals surface area contributed by atoms with Crippen molar-refractivity contribution in [2.24, 2.45) is 5.41 Å². The second-order valence-electron chi connectivity index (χ2n) is 8.45. The van der Waals surface area contributed by atoms with Crippen molar-refractivity contribution in [2.75, 3.05) is 19.7 Å². The molecule has 31 heavy (non-hydrogen) atoms. The van der Waals surface area contributed by atoms with E-state index in [1.807, 2.05) is 27.7 Å². The number of amides is 2. The second kappa shape index (κ2) is 10.0. The maximum atomic E-state index is 12.5. The largest absolute Gasteiger partial charge is 0.395 e. The third-order valence-electron chi connectivity index (χ3n) is 4.59. The van der Waals surface area contributed by atoms with Crippen LogP contribution in [0.5, 0.6) is 0 Å². The van der Waals surface area contributed by atoms with Crippen molar-refractivity contribution in [3.63, 3.8) is 0 Å². The van der Waals surface area contributed by atoms with Gasteiger partial charge in [0.15, 0.2) is 0 Å². The van der Waals surface area contributed by atoms with Gasteiger partial charge in [0, 0.05) is 29.8 Å². The fraction of sp³-hybridized carbons (Fsp3) is 0.333. The molecule has 0 aliphatic heterocycles. The Bertz CT molecular complexity index is 1050. The van der Waals surface area contributed by atoms with Crippen molar-refractivity contribution in [3.8, 4) is 17.2 Å². The van der Waals surface area contributed by atoms with Crippen LogP contribution < -0.4 is 10.6 Å². The summed E-state index contributed by atoms with van der Waals surface area (Å²) in [4.78, 5) is 37.2. The number of ketones is 1. The standard InChI is InChI=1S/C24H27N3O4/c1-15-5-6-16(22(30)26-9-10-28)11-19(15)18-8-7-17(12-20(18)21(29)13-25)23(31)27-14-24(2,3)4/h5-8,11-12,28H,9-10,14H2,1-4H3,(H,26,30)(H,27,31). The summed E-state index contributed by atoms with van der Waals surface area (Å²) in [6.45, 7) is 8.21. The zero-order valence-corrected chi connectivity index (χ0v) is 18.2. The number of rotatable bonds is 7. The Morgan fingerprint density at radius 1 is 0.968 bits per heavy atom. The van der Waals surface area contributed by atoms with Gasteiger partial charge in [-0.25, -0.2) is 0 Å². The molecule has 0 saturated carbocycles. The molecule has 0 atom stereocenters. The Balaban J connectivity index is 2.49. The topological polar surface area (TPSA) is 119 Å². The highest BCUT2D eigenvalue weighted by Crippen LogP contribution is 2.29. The van der Waals surface area contributed by atoms with Crippen LogP contribution >= 0.6 is 0 Å². The molecule has 162 valence electrons. The maximum absolute atomic E-state index is 12.5. The minimum Gasteiger partial charge on any atom is -0.395 e. The number of nitrogens with zero attached hydrogens (tertiary/aromatic N) is 1. The van der Waals surface area contributed by atoms with Crippen LogP contribution in [0.15, 0.2) is 36.4 Å². The summed E-state index contributed by atoms with van der Waals surface area (Å²) in [5.41, 5.74) is 2.51. The average molecular weight is 421 g/mol. The zero-order chi connectivity index (χ0) is 23.2. The molecule has 0 fully saturated rings. The summed E-state index contributed by atoms with van der Waals surface area (Å²) in [6, 6.07) is 11.3. The van der Waals surface area contributed by atoms with Crippen LogP contribution in [0, 0.1) is 23.7 Å². The molecule has 0 aromatic heterocycles. The third kappa shape index (κ3) is 6.24. The molecule has 2 aromatic carbocycles. The molecule has 0 aliphatic carbocycles. The van der Waals surface area contributed by atoms with E-state index in [1.54, 1.807) is 36.4 Å². The summed E-state index contributed by atoms with van der Waals surface area (Å²) in [7, 11) is 0. The number of hydrogen-bond acceptors (Lipinski definition) is 5. The van der Waals surface area contributed by atoms with Crippen molar-refractivity contribution in [1.82, 2.24) is 10.6 Å². The van der Waals surface area contributed by atoms with Crippen LogP contribution in [-0.2, 0) is 0 Å². The van der Waals surface area contributed by atoms with Gasteiger partial charge in [0.1, 0.15) is 6.07 Å². The highest BCUT2D eigenvalue weighted by Gasteiger charge is 2.19. The molecule has 3 N–H and O–H groups in total. The SMILES string of the molecule is Cc1ccc(C(=O)NCCO)cc1-c1ccc(C(=O)NCC(C)(C)C)cc1C(=O)C#N. The van der Waals surface area contributed by atoms with Gasteiger partial charge in [-0.3, -0.25) is 14.4 Å². The van der Waals surface area contributed by atoms with Crippen LogP contribution in [0.2, 0.25) is 0 Å². The van der Waals surface area contributed by atoms with Gasteiger partial charge in [0.2, 0.25) is 0 Å². The lowest BCUT2D eigenvalue weighted by Crippen LogP contribution is -2.32. The predicted octanol–water partition coefficient (Wildman–Crippen LogP) is 2.87. The van der Waals surface area contributed by atoms with E-state index in [1.165, 1.54) is 6.07 Å². The molecule has 7 nitrogen and oxygen atoms in total. The van der Waals surface area contributed by atoms with E-state index in [0.717, 1.165) is 5.56 Å². The molecule has 0 aliphatic rings. The summed E-state index contributed by atoms with van der Waals surface area (Å²) in [6.07, 6.45) is 0. The summed E-state index contributed by atoms with van der Waals surface area (Å²) < 4.78 is 0. The molecule has 7 heteroatoms. The van der Waals surface area contributed by atoms with Crippen LogP contribution in [0.25, 0.3) is 11.1 Å². The number of hydrogen-bond donors (Lipinski definition) is 3. The lowest BCUT2D eigenvalue weighted by molar-refractivity contribution is 0.0934. The Morgan fingerprint density at radius 3 is 2.19 bits per heavy atom. The first-order valence-electron chi connectivity index (χ1n) is 9.94. The molecule has 0 radical (unpaired) electrons. The van der Waals surface area contributed by atoms with Crippen LogP contribution in [0.4, 0.5) is 0 Å². The monoisotopic (exact) mass is 421 g/mol. The molecule has 0 bridgehead atoms. The minimum absolute atomic E-state index is 0.0990. The smallest absolute Gasteiger partial charge is 0.262 e. The lowest BCUT2D eigenvalue weighted by atomic mass is 9.91. The minimum atomic E-state index is -0.769. The van der Waals surface area contributed by atoms with Gasteiger partial charge in [0.05, 0.1) is 6.61 Å². The van der Waals surface area contributed by atoms with Gasteiger partial charge in [-0.1, -0.05) is 32.9 Å². The maximum Gasteiger partial charge on any atom is 0.262 e. The normalized spacial score (nSPS) is 10.8. The number of Topliss-reactive ketones (excluding diaryl/α,β-unsaturated/α-hetero) is 1. The molecule has 0 unspecified atom stereocenters. The fourth-order valence-corrected chi connectivity index (χ4v) is 2.94. The number of aryl methyl sites for hydroxylation is 1. The van der Waals surface area contributed by atoms with Gasteiger partial charge in [-0.15, -0.1) is 0 Å². The molecule has 0 spiro atoms. The van der Waals surface area contributed by atoms with Gasteiger partial charge in [0.25, 0.3) is 17.6 Å². The summed E-state index contributed by atoms with van der Waals surface area (Å²) in [5, 5.41) is 23.5. The van der Waals surface area contributed by atoms with Crippen molar-refractivity contribution in [2.45, 2.75) is 27.7 Å². The average Bonchev–Trinajstić information content (AvgIpc) is 2.74. The van der Waals surface area contributed by atoms with Crippen LogP contribution in [0.3, 0.4) is 0 Å². The van der Waals surface area contributed by atoms with Crippen molar-refractivity contribution < 1.29 is 19.5 Å². The van der Waals surface area contributed by atoms with E-state index < -0.39 is 5.78 Å². The van der Waals surface area contributed by atoms with E-state index in [0.29, 0.717) is 23.2 Å². The highest BCUT2D eigenvalue weighted by molar-refractivity contribution is 6.13. The number of nitriles is 1. The molecule has 2 amide bonds. The van der Waals surface area contributed by atoms with Gasteiger partial charge in [-0.2, -0.15) is 5.26 Å². The summed E-state index contributed by atoms with van der Waals surface area (Å²) in [5.74, 6) is -1.46. The van der Waals surface area contributed by atoms with Crippen LogP contribution in [-0.4, -0.2) is 42.4 Å². The Hall–Kier alpha value is -3.50. The second-order valence-corrected chi connectivity index (χ2v) is 8.45. The first-order chi connectivity index (χ1) is 14.6. The molecule has 0 heterocycles. The molecule has 0 saturated heterocycles. The third-order valence-corrected chi connectivity index (χ3v) is 4.59. The summed E-state index contributed by atoms with van der Waals surface area (Å²) >= 11 is 0. The number of benzene rings is 2. The molecular formula is C24H27N3O4. The Kier molecular flexibility index (Phi) is 7.67. The van der Waals surface area contributed by atoms with E-state index >= 15 is 0 Å². The molecule has 2 rings (SSSR count). The lowest BCUT2D eigenvalue weighted by Gasteiger charge is -2.19. The molecular weight excluding hydrogens is 394 g/mol. The van der Waals surface area contributed by atoms with Gasteiger partial charge in [-0.05, 0) is 53.3 Å². The van der Waals surface area contributed by atoms with Crippen LogP contribution in [0.1, 0.15) is 57.4 Å². The van der Waals surface area contributed by atoms with E-state index in [9.17, 15) is 19.6 Å². The van der Waals surface area contributed by atoms with Crippen molar-refractivity contribution in [1.29, 1.82) is 5.26 Å². The predicted molar refractivity (Wildman–Crippen MR) is 118 cm³/mol. The Labute approximate surface area is 182 Å². The first kappa shape index (κ1) is 23.8. The quantitative estimate of drug-likeness (QED) is 0.469. The number of nitrogens with one attached hydrogen (secondary N) is 2. The highest BCUT2D eigenvalue weighted by atomic mass is 16.3. The Morgan fingerprint density at radius 2 is 1.58 bits per heavy atom. The van der Waals surface area contributed by atoms with Gasteiger partial charge >= 0.3 is 0 Å². The first-order valence-corrected chi connectivity index (χ1v) is 9.94. The van der Waals surface area contributed by atoms with Crippen molar-refractivity contribution >= 4 is 17.6 Å². The number of aliphatic hydroxyl groups is 1. The van der Waals surface area contributed by atoms with Gasteiger partial charge < -0.3 is 15.7 Å². The van der Waals surface area contributed by atoms with Crippen molar-refractivity contribution in [3.05, 3.63) is 58.7 Å². The fourth-order valence-electron chi connectivity index (χ4n) is 2.94. The van der Waals surface area contributed by atoms with E-state index in [-0.39, 0.29) is 41.5 Å². The zero-order valence-electron chi connectivity index (χ0n) is 18.2. The molecule has 2 aromatic rings.